The van der Waals surface area contributed by atoms with Gasteiger partial charge in [0.25, 0.3) is 5.56 Å². The van der Waals surface area contributed by atoms with Crippen molar-refractivity contribution in [1.82, 2.24) is 34.7 Å². The lowest BCUT2D eigenvalue weighted by Gasteiger charge is -2.26. The third-order valence-corrected chi connectivity index (χ3v) is 5.95. The Morgan fingerprint density at radius 1 is 1.22 bits per heavy atom. The van der Waals surface area contributed by atoms with E-state index in [0.29, 0.717) is 23.6 Å². The van der Waals surface area contributed by atoms with Crippen molar-refractivity contribution in [1.29, 1.82) is 5.26 Å². The summed E-state index contributed by atoms with van der Waals surface area (Å²) in [5.41, 5.74) is -1.29. The Bertz CT molecular complexity index is 1510. The number of nitrogens with one attached hydrogen (secondary N) is 1. The van der Waals surface area contributed by atoms with E-state index in [4.69, 9.17) is 4.74 Å². The number of nitrogens with zero attached hydrogens (tertiary/aromatic N) is 8. The fraction of sp³-hybridized carbons (Fsp3) is 0.348. The van der Waals surface area contributed by atoms with E-state index >= 15 is 0 Å². The van der Waals surface area contributed by atoms with Crippen LogP contribution in [0.5, 0.6) is 5.75 Å². The molecule has 4 aromatic rings. The third-order valence-electron chi connectivity index (χ3n) is 5.95. The molecular formula is C23H22F3N9O2. The summed E-state index contributed by atoms with van der Waals surface area (Å²) in [6.07, 6.45) is 0.146. The summed E-state index contributed by atoms with van der Waals surface area (Å²) in [6, 6.07) is 2.97. The van der Waals surface area contributed by atoms with Gasteiger partial charge in [-0.15, -0.1) is 0 Å². The molecule has 4 heterocycles. The predicted octanol–water partition coefficient (Wildman–Crippen LogP) is 3.40. The molecule has 0 bridgehead atoms. The maximum atomic E-state index is 13.0. The molecule has 0 spiro atoms. The number of rotatable bonds is 7. The van der Waals surface area contributed by atoms with Crippen LogP contribution in [0.25, 0.3) is 11.0 Å². The number of nitriles is 1. The van der Waals surface area contributed by atoms with Crippen molar-refractivity contribution in [2.75, 3.05) is 19.1 Å². The second kappa shape index (κ2) is 9.84. The zero-order chi connectivity index (χ0) is 26.9. The van der Waals surface area contributed by atoms with Crippen LogP contribution in [-0.4, -0.2) is 48.9 Å². The molecule has 0 amide bonds. The van der Waals surface area contributed by atoms with Crippen molar-refractivity contribution in [2.24, 2.45) is 0 Å². The molecule has 1 N–H and O–H groups in total. The number of alkyl halides is 3. The molecule has 2 unspecified atom stereocenters. The van der Waals surface area contributed by atoms with Crippen LogP contribution in [0.3, 0.4) is 0 Å². The summed E-state index contributed by atoms with van der Waals surface area (Å²) in [4.78, 5) is 34.1. The first-order chi connectivity index (χ1) is 17.6. The number of fused-ring (bicyclic) bond motifs is 1. The summed E-state index contributed by atoms with van der Waals surface area (Å²) in [7, 11) is 3.22. The van der Waals surface area contributed by atoms with Crippen LogP contribution >= 0.6 is 0 Å². The third kappa shape index (κ3) is 4.80. The van der Waals surface area contributed by atoms with Crippen molar-refractivity contribution in [2.45, 2.75) is 38.5 Å². The Morgan fingerprint density at radius 2 is 1.92 bits per heavy atom. The molecule has 192 valence electrons. The number of H-pyrrole nitrogens is 1. The van der Waals surface area contributed by atoms with Gasteiger partial charge in [-0.1, -0.05) is 13.0 Å². The smallest absolute Gasteiger partial charge is 0.433 e. The molecule has 11 nitrogen and oxygen atoms in total. The molecule has 0 radical (unpaired) electrons. The topological polar surface area (TPSA) is 138 Å². The Kier molecular flexibility index (Phi) is 6.80. The molecule has 14 heteroatoms. The highest BCUT2D eigenvalue weighted by Crippen LogP contribution is 2.30. The number of hydrogen-bond donors (Lipinski definition) is 1. The summed E-state index contributed by atoms with van der Waals surface area (Å²) < 4.78 is 45.2. The van der Waals surface area contributed by atoms with Gasteiger partial charge in [0.05, 0.1) is 31.6 Å². The lowest BCUT2D eigenvalue weighted by molar-refractivity contribution is -0.141. The highest BCUT2D eigenvalue weighted by atomic mass is 19.4. The molecular weight excluding hydrogens is 491 g/mol. The van der Waals surface area contributed by atoms with Crippen molar-refractivity contribution in [3.8, 4) is 11.8 Å². The summed E-state index contributed by atoms with van der Waals surface area (Å²) in [6.45, 7) is 3.58. The predicted molar refractivity (Wildman–Crippen MR) is 126 cm³/mol. The van der Waals surface area contributed by atoms with Crippen LogP contribution in [-0.2, 0) is 6.18 Å². The minimum absolute atomic E-state index is 0.0277. The van der Waals surface area contributed by atoms with Gasteiger partial charge < -0.3 is 9.64 Å². The van der Waals surface area contributed by atoms with Gasteiger partial charge in [0, 0.05) is 13.2 Å². The van der Waals surface area contributed by atoms with Crippen molar-refractivity contribution in [3.05, 3.63) is 63.9 Å². The second-order valence-corrected chi connectivity index (χ2v) is 8.16. The fourth-order valence-corrected chi connectivity index (χ4v) is 3.89. The van der Waals surface area contributed by atoms with Gasteiger partial charge in [0.1, 0.15) is 17.1 Å². The fourth-order valence-electron chi connectivity index (χ4n) is 3.89. The van der Waals surface area contributed by atoms with Gasteiger partial charge in [0.15, 0.2) is 22.9 Å². The maximum absolute atomic E-state index is 13.0. The highest BCUT2D eigenvalue weighted by molar-refractivity contribution is 5.81. The SMILES string of the molecule is CCC(c1ncc(OC)cn1)N(C)c1nc2c(c(C#N)nn2C(C)c2ccc(C(F)(F)F)nc2)c(=O)[nH]1. The first kappa shape index (κ1) is 25.5. The zero-order valence-corrected chi connectivity index (χ0v) is 20.3. The highest BCUT2D eigenvalue weighted by Gasteiger charge is 2.32. The standard InChI is InChI=1S/C23H22F3N9O2/c1-5-16(19-29-10-14(37-4)11-30-19)34(3)22-31-20-18(21(36)32-22)15(8-27)33-35(20)12(2)13-6-7-17(28-9-13)23(24,25)26/h6-7,9-12,16H,5H2,1-4H3,(H,31,32,36). The number of anilines is 1. The van der Waals surface area contributed by atoms with Gasteiger partial charge in [-0.25, -0.2) is 14.6 Å². The summed E-state index contributed by atoms with van der Waals surface area (Å²) in [5.74, 6) is 1.14. The molecule has 0 aliphatic heterocycles. The minimum atomic E-state index is -4.58. The molecule has 0 aromatic carbocycles. The Hall–Kier alpha value is -4.54. The van der Waals surface area contributed by atoms with Crippen molar-refractivity contribution < 1.29 is 17.9 Å². The number of hydrogen-bond acceptors (Lipinski definition) is 9. The average molecular weight is 513 g/mol. The number of aromatic nitrogens is 7. The monoisotopic (exact) mass is 513 g/mol. The number of aromatic amines is 1. The van der Waals surface area contributed by atoms with E-state index in [1.165, 1.54) is 30.3 Å². The van der Waals surface area contributed by atoms with Crippen molar-refractivity contribution >= 4 is 17.0 Å². The van der Waals surface area contributed by atoms with Crippen molar-refractivity contribution in [3.63, 3.8) is 0 Å². The first-order valence-electron chi connectivity index (χ1n) is 11.1. The zero-order valence-electron chi connectivity index (χ0n) is 20.3. The van der Waals surface area contributed by atoms with E-state index in [1.54, 1.807) is 18.9 Å². The summed E-state index contributed by atoms with van der Waals surface area (Å²) in [5, 5.41) is 13.8. The van der Waals surface area contributed by atoms with Gasteiger partial charge in [-0.05, 0) is 25.0 Å². The molecule has 0 aliphatic carbocycles. The number of ether oxygens (including phenoxy) is 1. The van der Waals surface area contributed by atoms with Crippen LogP contribution in [0.1, 0.15) is 55.1 Å². The molecule has 0 fully saturated rings. The molecule has 2 atom stereocenters. The molecule has 4 rings (SSSR count). The Morgan fingerprint density at radius 3 is 2.46 bits per heavy atom. The van der Waals surface area contributed by atoms with E-state index in [2.05, 4.69) is 30.0 Å². The lowest BCUT2D eigenvalue weighted by atomic mass is 10.1. The van der Waals surface area contributed by atoms with E-state index in [0.717, 1.165) is 12.3 Å². The maximum Gasteiger partial charge on any atom is 0.433 e. The van der Waals surface area contributed by atoms with E-state index in [-0.39, 0.29) is 28.7 Å². The first-order valence-corrected chi connectivity index (χ1v) is 11.1. The van der Waals surface area contributed by atoms with E-state index < -0.39 is 23.5 Å². The quantitative estimate of drug-likeness (QED) is 0.394. The normalized spacial score (nSPS) is 13.2. The summed E-state index contributed by atoms with van der Waals surface area (Å²) >= 11 is 0. The molecule has 0 aliphatic rings. The van der Waals surface area contributed by atoms with Crippen LogP contribution in [0.2, 0.25) is 0 Å². The van der Waals surface area contributed by atoms with Gasteiger partial charge in [0.2, 0.25) is 5.95 Å². The average Bonchev–Trinajstić information content (AvgIpc) is 3.28. The van der Waals surface area contributed by atoms with Gasteiger partial charge in [-0.2, -0.15) is 28.5 Å². The molecule has 4 aromatic heterocycles. The van der Waals surface area contributed by atoms with Crippen LogP contribution < -0.4 is 15.2 Å². The van der Waals surface area contributed by atoms with Crippen LogP contribution in [0.15, 0.2) is 35.5 Å². The molecule has 37 heavy (non-hydrogen) atoms. The van der Waals surface area contributed by atoms with Crippen LogP contribution in [0, 0.1) is 11.3 Å². The van der Waals surface area contributed by atoms with Crippen LogP contribution in [0.4, 0.5) is 19.1 Å². The Balaban J connectivity index is 1.78. The minimum Gasteiger partial charge on any atom is -0.494 e. The lowest BCUT2D eigenvalue weighted by Crippen LogP contribution is -2.29. The van der Waals surface area contributed by atoms with E-state index in [9.17, 15) is 23.2 Å². The number of pyridine rings is 1. The largest absolute Gasteiger partial charge is 0.494 e. The molecule has 0 saturated carbocycles. The second-order valence-electron chi connectivity index (χ2n) is 8.16. The van der Waals surface area contributed by atoms with E-state index in [1.807, 2.05) is 13.0 Å². The number of halogens is 3. The van der Waals surface area contributed by atoms with Gasteiger partial charge >= 0.3 is 6.18 Å². The van der Waals surface area contributed by atoms with Gasteiger partial charge in [-0.3, -0.25) is 14.8 Å². The Labute approximate surface area is 208 Å². The number of methoxy groups -OCH3 is 1. The molecule has 0 saturated heterocycles.